The van der Waals surface area contributed by atoms with E-state index < -0.39 is 16.1 Å². The molecular formula is C13H15ClN2O3S. The van der Waals surface area contributed by atoms with E-state index in [4.69, 9.17) is 16.7 Å². The number of aromatic nitrogens is 1. The van der Waals surface area contributed by atoms with Gasteiger partial charge in [0.15, 0.2) is 0 Å². The van der Waals surface area contributed by atoms with Crippen molar-refractivity contribution in [1.29, 1.82) is 0 Å². The lowest BCUT2D eigenvalue weighted by molar-refractivity contribution is 0.214. The fraction of sp³-hybridized carbons (Fsp3) is 0.308. The van der Waals surface area contributed by atoms with Crippen molar-refractivity contribution in [2.75, 3.05) is 13.7 Å². The molecule has 1 atom stereocenters. The lowest BCUT2D eigenvalue weighted by Crippen LogP contribution is -2.37. The normalized spacial score (nSPS) is 13.8. The molecular weight excluding hydrogens is 300 g/mol. The minimum atomic E-state index is -3.72. The predicted molar refractivity (Wildman–Crippen MR) is 78.2 cm³/mol. The molecule has 1 unspecified atom stereocenters. The highest BCUT2D eigenvalue weighted by molar-refractivity contribution is 7.89. The zero-order valence-corrected chi connectivity index (χ0v) is 12.7. The highest BCUT2D eigenvalue weighted by atomic mass is 35.5. The van der Waals surface area contributed by atoms with Gasteiger partial charge in [0.1, 0.15) is 0 Å². The van der Waals surface area contributed by atoms with Gasteiger partial charge in [-0.3, -0.25) is 4.98 Å². The van der Waals surface area contributed by atoms with Gasteiger partial charge in [-0.1, -0.05) is 11.6 Å². The third-order valence-corrected chi connectivity index (χ3v) is 5.56. The van der Waals surface area contributed by atoms with E-state index in [1.165, 1.54) is 19.2 Å². The Labute approximate surface area is 122 Å². The Morgan fingerprint density at radius 3 is 2.75 bits per heavy atom. The largest absolute Gasteiger partial charge is 0.395 e. The molecule has 0 amide bonds. The average molecular weight is 315 g/mol. The van der Waals surface area contributed by atoms with Gasteiger partial charge >= 0.3 is 0 Å². The summed E-state index contributed by atoms with van der Waals surface area (Å²) in [5.41, 5.74) is 0.445. The second-order valence-corrected chi connectivity index (χ2v) is 6.87. The highest BCUT2D eigenvalue weighted by Crippen LogP contribution is 2.29. The van der Waals surface area contributed by atoms with Gasteiger partial charge in [0.25, 0.3) is 0 Å². The molecule has 0 spiro atoms. The minimum Gasteiger partial charge on any atom is -0.395 e. The van der Waals surface area contributed by atoms with Crippen LogP contribution in [0.25, 0.3) is 10.9 Å². The first kappa shape index (κ1) is 15.2. The van der Waals surface area contributed by atoms with Gasteiger partial charge in [-0.25, -0.2) is 8.42 Å². The Morgan fingerprint density at radius 2 is 2.10 bits per heavy atom. The van der Waals surface area contributed by atoms with E-state index in [1.807, 2.05) is 0 Å². The van der Waals surface area contributed by atoms with Gasteiger partial charge in [0.2, 0.25) is 10.0 Å². The third-order valence-electron chi connectivity index (χ3n) is 3.22. The first-order valence-corrected chi connectivity index (χ1v) is 7.83. The quantitative estimate of drug-likeness (QED) is 0.935. The second kappa shape index (κ2) is 5.65. The van der Waals surface area contributed by atoms with Crippen molar-refractivity contribution in [3.8, 4) is 0 Å². The third kappa shape index (κ3) is 2.52. The molecule has 0 saturated heterocycles. The van der Waals surface area contributed by atoms with Gasteiger partial charge in [-0.2, -0.15) is 4.31 Å². The Balaban J connectivity index is 2.67. The van der Waals surface area contributed by atoms with Crippen LogP contribution in [0.1, 0.15) is 6.92 Å². The fourth-order valence-electron chi connectivity index (χ4n) is 1.84. The molecule has 20 heavy (non-hydrogen) atoms. The molecule has 0 aliphatic heterocycles. The standard InChI is InChI=1S/C13H15ClN2O3S/c1-9(8-17)16(2)20(18,19)12-6-5-11(14)13-10(12)4-3-7-15-13/h3-7,9,17H,8H2,1-2H3. The lowest BCUT2D eigenvalue weighted by Gasteiger charge is -2.23. The molecule has 1 aromatic carbocycles. The molecule has 2 rings (SSSR count). The Hall–Kier alpha value is -1.21. The van der Waals surface area contributed by atoms with Crippen LogP contribution >= 0.6 is 11.6 Å². The number of hydrogen-bond donors (Lipinski definition) is 1. The van der Waals surface area contributed by atoms with Crippen molar-refractivity contribution in [1.82, 2.24) is 9.29 Å². The molecule has 0 fully saturated rings. The number of benzene rings is 1. The van der Waals surface area contributed by atoms with Gasteiger partial charge in [-0.15, -0.1) is 0 Å². The van der Waals surface area contributed by atoms with Crippen LogP contribution in [-0.2, 0) is 10.0 Å². The molecule has 2 aromatic rings. The second-order valence-electron chi connectivity index (χ2n) is 4.50. The van der Waals surface area contributed by atoms with Crippen LogP contribution in [-0.4, -0.2) is 42.5 Å². The van der Waals surface area contributed by atoms with Crippen molar-refractivity contribution in [2.45, 2.75) is 17.9 Å². The number of aliphatic hydroxyl groups excluding tert-OH is 1. The van der Waals surface area contributed by atoms with Crippen molar-refractivity contribution in [3.05, 3.63) is 35.5 Å². The van der Waals surface area contributed by atoms with Crippen LogP contribution in [0, 0.1) is 0 Å². The van der Waals surface area contributed by atoms with Crippen molar-refractivity contribution in [2.24, 2.45) is 0 Å². The molecule has 7 heteroatoms. The number of nitrogens with zero attached hydrogens (tertiary/aromatic N) is 2. The summed E-state index contributed by atoms with van der Waals surface area (Å²) >= 11 is 6.04. The zero-order valence-electron chi connectivity index (χ0n) is 11.1. The summed E-state index contributed by atoms with van der Waals surface area (Å²) in [4.78, 5) is 4.25. The number of rotatable bonds is 4. The molecule has 0 saturated carbocycles. The van der Waals surface area contributed by atoms with E-state index in [9.17, 15) is 8.42 Å². The topological polar surface area (TPSA) is 70.5 Å². The van der Waals surface area contributed by atoms with Crippen LogP contribution in [0.15, 0.2) is 35.4 Å². The van der Waals surface area contributed by atoms with Crippen LogP contribution < -0.4 is 0 Å². The molecule has 1 heterocycles. The monoisotopic (exact) mass is 314 g/mol. The molecule has 5 nitrogen and oxygen atoms in total. The smallest absolute Gasteiger partial charge is 0.243 e. The molecule has 0 aliphatic carbocycles. The first-order valence-electron chi connectivity index (χ1n) is 6.01. The summed E-state index contributed by atoms with van der Waals surface area (Å²) < 4.78 is 26.3. The minimum absolute atomic E-state index is 0.132. The number of hydrogen-bond acceptors (Lipinski definition) is 4. The number of fused-ring (bicyclic) bond motifs is 1. The van der Waals surface area contributed by atoms with Crippen LogP contribution in [0.2, 0.25) is 5.02 Å². The van der Waals surface area contributed by atoms with E-state index in [0.29, 0.717) is 15.9 Å². The van der Waals surface area contributed by atoms with Gasteiger partial charge in [0.05, 0.1) is 22.0 Å². The predicted octanol–water partition coefficient (Wildman–Crippen LogP) is 1.89. The molecule has 0 bridgehead atoms. The summed E-state index contributed by atoms with van der Waals surface area (Å²) in [5.74, 6) is 0. The lowest BCUT2D eigenvalue weighted by atomic mass is 10.2. The maximum absolute atomic E-state index is 12.6. The number of sulfonamides is 1. The van der Waals surface area contributed by atoms with Crippen LogP contribution in [0.5, 0.6) is 0 Å². The summed E-state index contributed by atoms with van der Waals surface area (Å²) in [6.45, 7) is 1.38. The van der Waals surface area contributed by atoms with E-state index in [1.54, 1.807) is 25.3 Å². The zero-order chi connectivity index (χ0) is 14.9. The number of halogens is 1. The van der Waals surface area contributed by atoms with Crippen molar-refractivity contribution >= 4 is 32.5 Å². The van der Waals surface area contributed by atoms with Crippen molar-refractivity contribution < 1.29 is 13.5 Å². The number of likely N-dealkylation sites (N-methyl/N-ethyl adjacent to an activating group) is 1. The van der Waals surface area contributed by atoms with Gasteiger partial charge in [0, 0.05) is 24.7 Å². The maximum Gasteiger partial charge on any atom is 0.243 e. The first-order chi connectivity index (χ1) is 9.39. The van der Waals surface area contributed by atoms with Gasteiger partial charge < -0.3 is 5.11 Å². The molecule has 108 valence electrons. The van der Waals surface area contributed by atoms with Crippen LogP contribution in [0.4, 0.5) is 0 Å². The Bertz CT molecular complexity index is 733. The SMILES string of the molecule is CC(CO)N(C)S(=O)(=O)c1ccc(Cl)c2ncccc12. The molecule has 0 radical (unpaired) electrons. The summed E-state index contributed by atoms with van der Waals surface area (Å²) in [5, 5.41) is 10.0. The van der Waals surface area contributed by atoms with E-state index in [2.05, 4.69) is 4.98 Å². The number of aliphatic hydroxyl groups is 1. The molecule has 1 N–H and O–H groups in total. The Morgan fingerprint density at radius 1 is 1.40 bits per heavy atom. The highest BCUT2D eigenvalue weighted by Gasteiger charge is 2.27. The fourth-order valence-corrected chi connectivity index (χ4v) is 3.59. The average Bonchev–Trinajstić information content (AvgIpc) is 2.46. The van der Waals surface area contributed by atoms with Crippen LogP contribution in [0.3, 0.4) is 0 Å². The number of pyridine rings is 1. The van der Waals surface area contributed by atoms with Gasteiger partial charge in [-0.05, 0) is 31.2 Å². The Kier molecular flexibility index (Phi) is 4.29. The maximum atomic E-state index is 12.6. The molecule has 0 aliphatic rings. The van der Waals surface area contributed by atoms with Crippen molar-refractivity contribution in [3.63, 3.8) is 0 Å². The van der Waals surface area contributed by atoms with E-state index >= 15 is 0 Å². The summed E-state index contributed by atoms with van der Waals surface area (Å²) in [6.07, 6.45) is 1.56. The summed E-state index contributed by atoms with van der Waals surface area (Å²) in [6, 6.07) is 5.79. The van der Waals surface area contributed by atoms with E-state index in [-0.39, 0.29) is 11.5 Å². The van der Waals surface area contributed by atoms with E-state index in [0.717, 1.165) is 4.31 Å². The summed E-state index contributed by atoms with van der Waals surface area (Å²) in [7, 11) is -2.28. The molecule has 1 aromatic heterocycles.